The maximum Gasteiger partial charge on any atom is 0.174 e. The Morgan fingerprint density at radius 2 is 1.70 bits per heavy atom. The van der Waals surface area contributed by atoms with Gasteiger partial charge in [0.1, 0.15) is 5.60 Å². The quantitative estimate of drug-likeness (QED) is 0.459. The highest BCUT2D eigenvalue weighted by atomic mass is 16.7. The summed E-state index contributed by atoms with van der Waals surface area (Å²) in [4.78, 5) is 0. The van der Waals surface area contributed by atoms with Crippen molar-refractivity contribution in [1.29, 1.82) is 0 Å². The van der Waals surface area contributed by atoms with Gasteiger partial charge in [0.15, 0.2) is 5.79 Å². The summed E-state index contributed by atoms with van der Waals surface area (Å²) in [5.74, 6) is 4.60. The molecule has 168 valence electrons. The number of ether oxygens (including phenoxy) is 3. The SMILES string of the molecule is C[C@H]1[C@H]2[C@H](C[C@H]3[C@@H]4CC[C@H]5CCCC[C@]5(C)[C@H]4CC[C@]23C)O[C@]12C[C@@H]1O[C@]1(C)CO2. The molecule has 0 aromatic carbocycles. The Hall–Kier alpha value is -0.120. The smallest absolute Gasteiger partial charge is 0.174 e. The standard InChI is InChI=1S/C27H42O3/c1-16-23-21(29-27(16)14-22-26(4,30-22)15-28-27)13-20-18-9-8-17-7-5-6-11-24(17,2)19(18)10-12-25(20,23)3/h16-23H,5-15H2,1-4H3/t16-,17+,18+,19-,20-,21-,22-,23-,24-,25-,26+,27+/m0/s1. The Morgan fingerprint density at radius 1 is 0.833 bits per heavy atom. The third-order valence-corrected chi connectivity index (χ3v) is 12.4. The minimum Gasteiger partial charge on any atom is -0.364 e. The molecule has 1 spiro atoms. The minimum atomic E-state index is -0.367. The summed E-state index contributed by atoms with van der Waals surface area (Å²) in [6.07, 6.45) is 14.9. The van der Waals surface area contributed by atoms with Crippen molar-refractivity contribution in [1.82, 2.24) is 0 Å². The number of hydrogen-bond donors (Lipinski definition) is 0. The second-order valence-corrected chi connectivity index (χ2v) is 13.4. The molecule has 7 fully saturated rings. The normalized spacial score (nSPS) is 66.0. The molecule has 0 N–H and O–H groups in total. The highest BCUT2D eigenvalue weighted by Crippen LogP contribution is 2.71. The molecule has 0 bridgehead atoms. The van der Waals surface area contributed by atoms with Crippen LogP contribution in [0.1, 0.15) is 91.9 Å². The summed E-state index contributed by atoms with van der Waals surface area (Å²) in [5.41, 5.74) is 1.06. The Labute approximate surface area is 183 Å². The first-order chi connectivity index (χ1) is 14.3. The fourth-order valence-electron chi connectivity index (χ4n) is 10.6. The Balaban J connectivity index is 1.17. The minimum absolute atomic E-state index is 0.0232. The number of rotatable bonds is 0. The zero-order valence-electron chi connectivity index (χ0n) is 19.6. The average molecular weight is 415 g/mol. The van der Waals surface area contributed by atoms with E-state index in [0.717, 1.165) is 30.1 Å². The molecule has 7 rings (SSSR count). The van der Waals surface area contributed by atoms with Crippen LogP contribution in [0.15, 0.2) is 0 Å². The molecular weight excluding hydrogens is 372 g/mol. The van der Waals surface area contributed by atoms with Crippen molar-refractivity contribution in [2.75, 3.05) is 6.61 Å². The zero-order chi connectivity index (χ0) is 20.5. The molecule has 12 atom stereocenters. The van der Waals surface area contributed by atoms with Gasteiger partial charge >= 0.3 is 0 Å². The first-order valence-electron chi connectivity index (χ1n) is 13.3. The fourth-order valence-corrected chi connectivity index (χ4v) is 10.6. The third-order valence-electron chi connectivity index (χ3n) is 12.4. The maximum absolute atomic E-state index is 6.93. The van der Waals surface area contributed by atoms with E-state index < -0.39 is 0 Å². The van der Waals surface area contributed by atoms with E-state index in [1.54, 1.807) is 0 Å². The molecule has 0 radical (unpaired) electrons. The van der Waals surface area contributed by atoms with Gasteiger partial charge in [0.25, 0.3) is 0 Å². The molecule has 0 unspecified atom stereocenters. The second-order valence-electron chi connectivity index (χ2n) is 13.4. The van der Waals surface area contributed by atoms with Gasteiger partial charge in [-0.05, 0) is 92.3 Å². The largest absolute Gasteiger partial charge is 0.364 e. The summed E-state index contributed by atoms with van der Waals surface area (Å²) in [6.45, 7) is 10.7. The van der Waals surface area contributed by atoms with E-state index in [9.17, 15) is 0 Å². The molecule has 3 heteroatoms. The maximum atomic E-state index is 6.93. The fraction of sp³-hybridized carbons (Fsp3) is 1.00. The van der Waals surface area contributed by atoms with Gasteiger partial charge in [-0.3, -0.25) is 0 Å². The second kappa shape index (κ2) is 5.86. The van der Waals surface area contributed by atoms with E-state index in [0.29, 0.717) is 41.5 Å². The van der Waals surface area contributed by atoms with E-state index in [4.69, 9.17) is 14.2 Å². The van der Waals surface area contributed by atoms with Gasteiger partial charge in [0.05, 0.1) is 18.8 Å². The van der Waals surface area contributed by atoms with Gasteiger partial charge in [-0.1, -0.05) is 33.6 Å². The predicted molar refractivity (Wildman–Crippen MR) is 116 cm³/mol. The highest BCUT2D eigenvalue weighted by molar-refractivity contribution is 5.17. The molecule has 3 saturated heterocycles. The molecule has 0 aromatic heterocycles. The van der Waals surface area contributed by atoms with Crippen molar-refractivity contribution >= 4 is 0 Å². The Morgan fingerprint density at radius 3 is 2.53 bits per heavy atom. The molecule has 4 aliphatic carbocycles. The molecule has 7 aliphatic rings. The van der Waals surface area contributed by atoms with Crippen LogP contribution in [0.4, 0.5) is 0 Å². The van der Waals surface area contributed by atoms with E-state index in [1.165, 1.54) is 57.8 Å². The van der Waals surface area contributed by atoms with Crippen LogP contribution in [0.5, 0.6) is 0 Å². The van der Waals surface area contributed by atoms with Crippen LogP contribution in [0.3, 0.4) is 0 Å². The van der Waals surface area contributed by atoms with Crippen LogP contribution < -0.4 is 0 Å². The van der Waals surface area contributed by atoms with Crippen LogP contribution >= 0.6 is 0 Å². The predicted octanol–water partition coefficient (Wildman–Crippen LogP) is 5.95. The first kappa shape index (κ1) is 19.4. The summed E-state index contributed by atoms with van der Waals surface area (Å²) in [7, 11) is 0. The number of fused-ring (bicyclic) bond motifs is 8. The molecule has 3 heterocycles. The average Bonchev–Trinajstić information content (AvgIpc) is 3.18. The van der Waals surface area contributed by atoms with Crippen molar-refractivity contribution in [3.8, 4) is 0 Å². The van der Waals surface area contributed by atoms with Gasteiger partial charge in [0, 0.05) is 12.3 Å². The lowest BCUT2D eigenvalue weighted by Crippen LogP contribution is -2.54. The molecule has 4 saturated carbocycles. The monoisotopic (exact) mass is 414 g/mol. The molecule has 3 aliphatic heterocycles. The number of epoxide rings is 1. The molecule has 0 amide bonds. The van der Waals surface area contributed by atoms with Gasteiger partial charge in [-0.15, -0.1) is 0 Å². The summed E-state index contributed by atoms with van der Waals surface area (Å²) < 4.78 is 19.4. The van der Waals surface area contributed by atoms with Crippen LogP contribution in [-0.2, 0) is 14.2 Å². The van der Waals surface area contributed by atoms with Crippen molar-refractivity contribution in [3.63, 3.8) is 0 Å². The van der Waals surface area contributed by atoms with Crippen molar-refractivity contribution < 1.29 is 14.2 Å². The zero-order valence-corrected chi connectivity index (χ0v) is 19.6. The summed E-state index contributed by atoms with van der Waals surface area (Å²) in [5, 5.41) is 0. The van der Waals surface area contributed by atoms with Crippen molar-refractivity contribution in [2.24, 2.45) is 46.3 Å². The van der Waals surface area contributed by atoms with E-state index in [2.05, 4.69) is 27.7 Å². The molecule has 3 nitrogen and oxygen atoms in total. The van der Waals surface area contributed by atoms with Crippen LogP contribution in [-0.4, -0.2) is 30.2 Å². The van der Waals surface area contributed by atoms with E-state index in [1.807, 2.05) is 0 Å². The van der Waals surface area contributed by atoms with Gasteiger partial charge in [0.2, 0.25) is 0 Å². The number of hydrogen-bond acceptors (Lipinski definition) is 3. The molecular formula is C27H42O3. The van der Waals surface area contributed by atoms with Crippen molar-refractivity contribution in [2.45, 2.75) is 115 Å². The van der Waals surface area contributed by atoms with Crippen LogP contribution in [0, 0.1) is 46.3 Å². The topological polar surface area (TPSA) is 31.0 Å². The first-order valence-corrected chi connectivity index (χ1v) is 13.3. The lowest BCUT2D eigenvalue weighted by atomic mass is 9.44. The molecule has 0 aromatic rings. The van der Waals surface area contributed by atoms with Gasteiger partial charge < -0.3 is 14.2 Å². The third kappa shape index (κ3) is 2.24. The summed E-state index contributed by atoms with van der Waals surface area (Å²) in [6, 6.07) is 0. The van der Waals surface area contributed by atoms with E-state index in [-0.39, 0.29) is 11.4 Å². The van der Waals surface area contributed by atoms with Gasteiger partial charge in [-0.25, -0.2) is 0 Å². The van der Waals surface area contributed by atoms with Crippen molar-refractivity contribution in [3.05, 3.63) is 0 Å². The summed E-state index contributed by atoms with van der Waals surface area (Å²) >= 11 is 0. The lowest BCUT2D eigenvalue weighted by molar-refractivity contribution is -0.264. The highest BCUT2D eigenvalue weighted by Gasteiger charge is 2.72. The van der Waals surface area contributed by atoms with Crippen LogP contribution in [0.25, 0.3) is 0 Å². The van der Waals surface area contributed by atoms with E-state index >= 15 is 0 Å². The van der Waals surface area contributed by atoms with Crippen LogP contribution in [0.2, 0.25) is 0 Å². The Kier molecular flexibility index (Phi) is 3.78. The lowest BCUT2D eigenvalue weighted by Gasteiger charge is -2.61. The Bertz CT molecular complexity index is 752. The molecule has 30 heavy (non-hydrogen) atoms. The van der Waals surface area contributed by atoms with Gasteiger partial charge in [-0.2, -0.15) is 0 Å².